The molecule has 1 heterocycles. The number of anilines is 1. The van der Waals surface area contributed by atoms with Crippen LogP contribution in [0.5, 0.6) is 5.75 Å². The Labute approximate surface area is 157 Å². The van der Waals surface area contributed by atoms with Crippen molar-refractivity contribution in [3.8, 4) is 5.75 Å². The van der Waals surface area contributed by atoms with Gasteiger partial charge < -0.3 is 10.1 Å². The van der Waals surface area contributed by atoms with E-state index < -0.39 is 10.0 Å². The molecule has 1 aliphatic heterocycles. The minimum Gasteiger partial charge on any atom is -0.482 e. The van der Waals surface area contributed by atoms with Gasteiger partial charge >= 0.3 is 0 Å². The maximum absolute atomic E-state index is 12.8. The summed E-state index contributed by atoms with van der Waals surface area (Å²) in [5, 5.41) is 2.65. The lowest BCUT2D eigenvalue weighted by Gasteiger charge is -2.22. The Bertz CT molecular complexity index is 916. The van der Waals surface area contributed by atoms with E-state index in [1.165, 1.54) is 23.5 Å². The largest absolute Gasteiger partial charge is 0.482 e. The maximum Gasteiger partial charge on any atom is 0.262 e. The van der Waals surface area contributed by atoms with Crippen molar-refractivity contribution in [2.75, 3.05) is 25.5 Å². The Morgan fingerprint density at radius 2 is 1.96 bits per heavy atom. The van der Waals surface area contributed by atoms with Crippen LogP contribution in [0.4, 0.5) is 5.69 Å². The molecule has 0 spiro atoms. The van der Waals surface area contributed by atoms with Crippen LogP contribution in [0.3, 0.4) is 0 Å². The molecule has 0 fully saturated rings. The fourth-order valence-electron chi connectivity index (χ4n) is 2.72. The summed E-state index contributed by atoms with van der Waals surface area (Å²) in [6.45, 7) is 0.212. The molecule has 0 saturated carbocycles. The Balaban J connectivity index is 1.73. The van der Waals surface area contributed by atoms with Crippen molar-refractivity contribution in [1.82, 2.24) is 4.31 Å². The van der Waals surface area contributed by atoms with E-state index in [1.54, 1.807) is 0 Å². The molecule has 1 N–H and O–H groups in total. The number of carbonyl (C=O) groups excluding carboxylic acids is 1. The molecule has 1 amide bonds. The van der Waals surface area contributed by atoms with Crippen molar-refractivity contribution in [2.45, 2.75) is 17.7 Å². The van der Waals surface area contributed by atoms with Crippen LogP contribution < -0.4 is 10.1 Å². The first-order valence-corrected chi connectivity index (χ1v) is 9.96. The quantitative estimate of drug-likeness (QED) is 0.817. The molecular weight excluding hydrogens is 376 g/mol. The third-order valence-corrected chi connectivity index (χ3v) is 6.46. The van der Waals surface area contributed by atoms with Gasteiger partial charge in [0.05, 0.1) is 10.7 Å². The van der Waals surface area contributed by atoms with Gasteiger partial charge in [-0.05, 0) is 24.5 Å². The third-order valence-electron chi connectivity index (χ3n) is 4.14. The predicted octanol–water partition coefficient (Wildman–Crippen LogP) is 2.92. The van der Waals surface area contributed by atoms with Gasteiger partial charge in [-0.2, -0.15) is 0 Å². The van der Waals surface area contributed by atoms with Gasteiger partial charge in [0, 0.05) is 19.7 Å². The molecule has 2 aromatic rings. The molecule has 0 bridgehead atoms. The zero-order chi connectivity index (χ0) is 18.7. The SMILES string of the molecule is CN(CCCc1ccccc1)S(=O)(=O)c1cc2c(cc1Cl)NC(=O)CO2. The Hall–Kier alpha value is -2.09. The fourth-order valence-corrected chi connectivity index (χ4v) is 4.44. The van der Waals surface area contributed by atoms with Gasteiger partial charge in [0.1, 0.15) is 10.6 Å². The Kier molecular flexibility index (Phi) is 5.50. The number of benzene rings is 2. The summed E-state index contributed by atoms with van der Waals surface area (Å²) in [7, 11) is -2.24. The number of ether oxygens (including phenoxy) is 1. The standard InChI is InChI=1S/C18H19ClN2O4S/c1-21(9-5-8-13-6-3-2-4-7-13)26(23,24)17-11-16-15(10-14(17)19)20-18(22)12-25-16/h2-4,6-7,10-11H,5,8-9,12H2,1H3,(H,20,22). The van der Waals surface area contributed by atoms with Crippen molar-refractivity contribution >= 4 is 33.2 Å². The number of nitrogens with zero attached hydrogens (tertiary/aromatic N) is 1. The van der Waals surface area contributed by atoms with E-state index in [-0.39, 0.29) is 22.4 Å². The van der Waals surface area contributed by atoms with E-state index in [1.807, 2.05) is 30.3 Å². The summed E-state index contributed by atoms with van der Waals surface area (Å²) < 4.78 is 32.3. The van der Waals surface area contributed by atoms with Gasteiger partial charge in [0.25, 0.3) is 5.91 Å². The zero-order valence-electron chi connectivity index (χ0n) is 14.2. The topological polar surface area (TPSA) is 75.7 Å². The average molecular weight is 395 g/mol. The van der Waals surface area contributed by atoms with Crippen LogP contribution in [0, 0.1) is 0 Å². The van der Waals surface area contributed by atoms with E-state index in [9.17, 15) is 13.2 Å². The highest BCUT2D eigenvalue weighted by Crippen LogP contribution is 2.36. The summed E-state index contributed by atoms with van der Waals surface area (Å²) in [6, 6.07) is 12.7. The van der Waals surface area contributed by atoms with Crippen LogP contribution in [0.25, 0.3) is 0 Å². The first kappa shape index (κ1) is 18.7. The van der Waals surface area contributed by atoms with Crippen LogP contribution in [-0.2, 0) is 21.2 Å². The minimum atomic E-state index is -3.76. The van der Waals surface area contributed by atoms with Gasteiger partial charge in [0.15, 0.2) is 6.61 Å². The number of sulfonamides is 1. The number of aryl methyl sites for hydroxylation is 1. The first-order valence-electron chi connectivity index (χ1n) is 8.14. The number of hydrogen-bond acceptors (Lipinski definition) is 4. The lowest BCUT2D eigenvalue weighted by molar-refractivity contribution is -0.118. The molecule has 1 aliphatic rings. The minimum absolute atomic E-state index is 0.0312. The number of nitrogens with one attached hydrogen (secondary N) is 1. The number of fused-ring (bicyclic) bond motifs is 1. The van der Waals surface area contributed by atoms with E-state index in [2.05, 4.69) is 5.32 Å². The molecule has 2 aromatic carbocycles. The molecule has 0 radical (unpaired) electrons. The van der Waals surface area contributed by atoms with Crippen molar-refractivity contribution in [1.29, 1.82) is 0 Å². The van der Waals surface area contributed by atoms with Crippen LogP contribution in [0.1, 0.15) is 12.0 Å². The van der Waals surface area contributed by atoms with Crippen molar-refractivity contribution in [3.63, 3.8) is 0 Å². The lowest BCUT2D eigenvalue weighted by Crippen LogP contribution is -2.29. The normalized spacial score (nSPS) is 13.9. The second kappa shape index (κ2) is 7.65. The number of rotatable bonds is 6. The number of hydrogen-bond donors (Lipinski definition) is 1. The molecule has 138 valence electrons. The molecule has 26 heavy (non-hydrogen) atoms. The summed E-state index contributed by atoms with van der Waals surface area (Å²) >= 11 is 6.15. The summed E-state index contributed by atoms with van der Waals surface area (Å²) in [4.78, 5) is 11.3. The van der Waals surface area contributed by atoms with Crippen LogP contribution >= 0.6 is 11.6 Å². The second-order valence-electron chi connectivity index (χ2n) is 6.03. The number of carbonyl (C=O) groups is 1. The van der Waals surface area contributed by atoms with Crippen molar-refractivity contribution in [3.05, 3.63) is 53.1 Å². The molecule has 0 aromatic heterocycles. The molecule has 0 atom stereocenters. The first-order chi connectivity index (χ1) is 12.4. The van der Waals surface area contributed by atoms with Gasteiger partial charge in [0.2, 0.25) is 10.0 Å². The Morgan fingerprint density at radius 3 is 2.69 bits per heavy atom. The monoisotopic (exact) mass is 394 g/mol. The zero-order valence-corrected chi connectivity index (χ0v) is 15.8. The molecule has 0 aliphatic carbocycles. The second-order valence-corrected chi connectivity index (χ2v) is 8.45. The molecular formula is C18H19ClN2O4S. The number of amides is 1. The van der Waals surface area contributed by atoms with Crippen LogP contribution in [0.15, 0.2) is 47.4 Å². The third kappa shape index (κ3) is 4.00. The van der Waals surface area contributed by atoms with E-state index in [4.69, 9.17) is 16.3 Å². The summed E-state index contributed by atoms with van der Waals surface area (Å²) in [5.41, 5.74) is 1.53. The molecule has 0 saturated heterocycles. The highest BCUT2D eigenvalue weighted by atomic mass is 35.5. The molecule has 0 unspecified atom stereocenters. The van der Waals surface area contributed by atoms with E-state index in [0.717, 1.165) is 12.0 Å². The van der Waals surface area contributed by atoms with Gasteiger partial charge in [-0.25, -0.2) is 12.7 Å². The lowest BCUT2D eigenvalue weighted by atomic mass is 10.1. The smallest absolute Gasteiger partial charge is 0.262 e. The predicted molar refractivity (Wildman–Crippen MR) is 100 cm³/mol. The Morgan fingerprint density at radius 1 is 1.23 bits per heavy atom. The average Bonchev–Trinajstić information content (AvgIpc) is 2.61. The number of halogens is 1. The molecule has 6 nitrogen and oxygen atoms in total. The highest BCUT2D eigenvalue weighted by Gasteiger charge is 2.27. The van der Waals surface area contributed by atoms with Crippen molar-refractivity contribution in [2.24, 2.45) is 0 Å². The van der Waals surface area contributed by atoms with E-state index in [0.29, 0.717) is 24.4 Å². The van der Waals surface area contributed by atoms with Crippen LogP contribution in [0.2, 0.25) is 5.02 Å². The molecule has 3 rings (SSSR count). The van der Waals surface area contributed by atoms with Gasteiger partial charge in [-0.3, -0.25) is 4.79 Å². The fraction of sp³-hybridized carbons (Fsp3) is 0.278. The summed E-state index contributed by atoms with van der Waals surface area (Å²) in [6.07, 6.45) is 1.47. The highest BCUT2D eigenvalue weighted by molar-refractivity contribution is 7.89. The summed E-state index contributed by atoms with van der Waals surface area (Å²) in [5.74, 6) is -0.00698. The molecule has 8 heteroatoms. The van der Waals surface area contributed by atoms with Gasteiger partial charge in [-0.1, -0.05) is 41.9 Å². The van der Waals surface area contributed by atoms with Gasteiger partial charge in [-0.15, -0.1) is 0 Å². The van der Waals surface area contributed by atoms with E-state index >= 15 is 0 Å². The maximum atomic E-state index is 12.8. The van der Waals surface area contributed by atoms with Crippen molar-refractivity contribution < 1.29 is 17.9 Å². The van der Waals surface area contributed by atoms with Crippen LogP contribution in [-0.4, -0.2) is 38.8 Å².